The van der Waals surface area contributed by atoms with E-state index in [1.807, 2.05) is 0 Å². The van der Waals surface area contributed by atoms with Crippen LogP contribution in [0.4, 0.5) is 0 Å². The largest absolute Gasteiger partial charge is 0.488 e. The Balaban J connectivity index is 2.63. The van der Waals surface area contributed by atoms with E-state index in [1.54, 1.807) is 6.92 Å². The Kier molecular flexibility index (Phi) is 2.84. The van der Waals surface area contributed by atoms with Crippen LogP contribution in [0.3, 0.4) is 0 Å². The Morgan fingerprint density at radius 1 is 1.56 bits per heavy atom. The quantitative estimate of drug-likeness (QED) is 0.791. The fourth-order valence-electron chi connectivity index (χ4n) is 1.50. The summed E-state index contributed by atoms with van der Waals surface area (Å²) in [7, 11) is 1.32. The SMILES string of the molecule is COc1c(-n2cc(C(=O)O)c(C)n2)nc[nH]c1=O. The standard InChI is InChI=1S/C10H10N4O4/c1-5-6(10(16)17)3-14(13-5)8-7(18-2)9(15)12-4-11-8/h3-4H,1-2H3,(H,16,17)(H,11,12,15). The normalized spacial score (nSPS) is 10.3. The summed E-state index contributed by atoms with van der Waals surface area (Å²) < 4.78 is 6.13. The highest BCUT2D eigenvalue weighted by Gasteiger charge is 2.17. The van der Waals surface area contributed by atoms with Gasteiger partial charge in [-0.3, -0.25) is 4.79 Å². The summed E-state index contributed by atoms with van der Waals surface area (Å²) >= 11 is 0. The maximum atomic E-state index is 11.5. The number of carboxylic acids is 1. The van der Waals surface area contributed by atoms with Crippen LogP contribution in [0.2, 0.25) is 0 Å². The minimum atomic E-state index is -1.09. The summed E-state index contributed by atoms with van der Waals surface area (Å²) in [6, 6.07) is 0. The van der Waals surface area contributed by atoms with Crippen LogP contribution in [-0.4, -0.2) is 37.9 Å². The number of nitrogens with one attached hydrogen (secondary N) is 1. The maximum Gasteiger partial charge on any atom is 0.339 e. The Hall–Kier alpha value is -2.64. The zero-order chi connectivity index (χ0) is 13.3. The summed E-state index contributed by atoms with van der Waals surface area (Å²) in [5, 5.41) is 12.9. The number of carboxylic acid groups (broad SMARTS) is 1. The first-order valence-electron chi connectivity index (χ1n) is 4.96. The number of aromatic amines is 1. The first-order chi connectivity index (χ1) is 8.54. The molecule has 0 bridgehead atoms. The second-order valence-electron chi connectivity index (χ2n) is 3.47. The zero-order valence-corrected chi connectivity index (χ0v) is 9.67. The molecule has 0 radical (unpaired) electrons. The van der Waals surface area contributed by atoms with Crippen molar-refractivity contribution in [2.75, 3.05) is 7.11 Å². The lowest BCUT2D eigenvalue weighted by atomic mass is 10.3. The topological polar surface area (TPSA) is 110 Å². The predicted octanol–water partition coefficient (Wildman–Crippen LogP) is -0.0292. The molecule has 0 aliphatic rings. The third kappa shape index (κ3) is 1.83. The van der Waals surface area contributed by atoms with Crippen molar-refractivity contribution in [3.8, 4) is 11.6 Å². The highest BCUT2D eigenvalue weighted by molar-refractivity contribution is 5.88. The van der Waals surface area contributed by atoms with E-state index in [-0.39, 0.29) is 17.1 Å². The van der Waals surface area contributed by atoms with Crippen LogP contribution in [0.15, 0.2) is 17.3 Å². The lowest BCUT2D eigenvalue weighted by Crippen LogP contribution is -2.14. The molecule has 0 aliphatic carbocycles. The second-order valence-corrected chi connectivity index (χ2v) is 3.47. The van der Waals surface area contributed by atoms with Crippen molar-refractivity contribution in [1.82, 2.24) is 19.7 Å². The molecule has 0 amide bonds. The molecule has 2 heterocycles. The molecule has 18 heavy (non-hydrogen) atoms. The molecule has 0 fully saturated rings. The van der Waals surface area contributed by atoms with Gasteiger partial charge in [0.25, 0.3) is 5.56 Å². The Labute approximate surface area is 101 Å². The van der Waals surface area contributed by atoms with Crippen molar-refractivity contribution in [2.45, 2.75) is 6.92 Å². The molecular weight excluding hydrogens is 240 g/mol. The minimum Gasteiger partial charge on any atom is -0.488 e. The molecular formula is C10H10N4O4. The van der Waals surface area contributed by atoms with E-state index in [9.17, 15) is 9.59 Å². The Morgan fingerprint density at radius 3 is 2.83 bits per heavy atom. The van der Waals surface area contributed by atoms with Gasteiger partial charge in [-0.15, -0.1) is 0 Å². The smallest absolute Gasteiger partial charge is 0.339 e. The molecule has 8 nitrogen and oxygen atoms in total. The number of aromatic carboxylic acids is 1. The number of nitrogens with zero attached hydrogens (tertiary/aromatic N) is 3. The van der Waals surface area contributed by atoms with Crippen molar-refractivity contribution in [3.05, 3.63) is 34.1 Å². The summed E-state index contributed by atoms with van der Waals surface area (Å²) in [5.41, 5.74) is -0.0988. The number of aryl methyl sites for hydroxylation is 1. The molecule has 2 N–H and O–H groups in total. The van der Waals surface area contributed by atoms with Crippen molar-refractivity contribution >= 4 is 5.97 Å². The number of aromatic nitrogens is 4. The van der Waals surface area contributed by atoms with Crippen LogP contribution in [0.1, 0.15) is 16.1 Å². The average Bonchev–Trinajstić information content (AvgIpc) is 2.71. The maximum absolute atomic E-state index is 11.5. The number of hydrogen-bond acceptors (Lipinski definition) is 5. The Bertz CT molecular complexity index is 658. The van der Waals surface area contributed by atoms with E-state index in [4.69, 9.17) is 9.84 Å². The highest BCUT2D eigenvalue weighted by atomic mass is 16.5. The number of hydrogen-bond donors (Lipinski definition) is 2. The summed E-state index contributed by atoms with van der Waals surface area (Å²) in [6.45, 7) is 1.56. The first kappa shape index (κ1) is 11.8. The predicted molar refractivity (Wildman–Crippen MR) is 60.2 cm³/mol. The van der Waals surface area contributed by atoms with E-state index < -0.39 is 11.5 Å². The molecule has 0 unspecified atom stereocenters. The van der Waals surface area contributed by atoms with Crippen LogP contribution in [0.5, 0.6) is 5.75 Å². The fraction of sp³-hybridized carbons (Fsp3) is 0.200. The van der Waals surface area contributed by atoms with E-state index in [1.165, 1.54) is 24.3 Å². The molecule has 0 atom stereocenters. The number of H-pyrrole nitrogens is 1. The summed E-state index contributed by atoms with van der Waals surface area (Å²) in [6.07, 6.45) is 2.47. The van der Waals surface area contributed by atoms with Gasteiger partial charge in [0.15, 0.2) is 0 Å². The van der Waals surface area contributed by atoms with Gasteiger partial charge in [0.05, 0.1) is 19.1 Å². The van der Waals surface area contributed by atoms with E-state index in [0.717, 1.165) is 0 Å². The van der Waals surface area contributed by atoms with Gasteiger partial charge in [-0.1, -0.05) is 0 Å². The lowest BCUT2D eigenvalue weighted by molar-refractivity contribution is 0.0696. The average molecular weight is 250 g/mol. The molecule has 8 heteroatoms. The number of methoxy groups -OCH3 is 1. The molecule has 0 aromatic carbocycles. The van der Waals surface area contributed by atoms with Crippen LogP contribution in [0, 0.1) is 6.92 Å². The van der Waals surface area contributed by atoms with Crippen molar-refractivity contribution in [3.63, 3.8) is 0 Å². The summed E-state index contributed by atoms with van der Waals surface area (Å²) in [5.74, 6) is -0.989. The molecule has 2 aromatic heterocycles. The molecule has 2 rings (SSSR count). The van der Waals surface area contributed by atoms with Gasteiger partial charge >= 0.3 is 5.97 Å². The van der Waals surface area contributed by atoms with E-state index in [0.29, 0.717) is 5.69 Å². The third-order valence-electron chi connectivity index (χ3n) is 2.34. The second kappa shape index (κ2) is 4.32. The van der Waals surface area contributed by atoms with Crippen molar-refractivity contribution in [1.29, 1.82) is 0 Å². The van der Waals surface area contributed by atoms with Gasteiger partial charge in [0.1, 0.15) is 5.56 Å². The van der Waals surface area contributed by atoms with Crippen LogP contribution >= 0.6 is 0 Å². The fourth-order valence-corrected chi connectivity index (χ4v) is 1.50. The molecule has 94 valence electrons. The number of carbonyl (C=O) groups is 1. The van der Waals surface area contributed by atoms with Gasteiger partial charge in [0, 0.05) is 6.20 Å². The van der Waals surface area contributed by atoms with Gasteiger partial charge in [-0.25, -0.2) is 14.5 Å². The molecule has 0 spiro atoms. The van der Waals surface area contributed by atoms with Crippen LogP contribution in [0.25, 0.3) is 5.82 Å². The van der Waals surface area contributed by atoms with Crippen LogP contribution in [-0.2, 0) is 0 Å². The monoisotopic (exact) mass is 250 g/mol. The van der Waals surface area contributed by atoms with E-state index >= 15 is 0 Å². The van der Waals surface area contributed by atoms with Gasteiger partial charge in [-0.05, 0) is 6.92 Å². The van der Waals surface area contributed by atoms with Gasteiger partial charge in [0.2, 0.25) is 11.6 Å². The van der Waals surface area contributed by atoms with Gasteiger partial charge in [-0.2, -0.15) is 5.10 Å². The molecule has 0 saturated carbocycles. The van der Waals surface area contributed by atoms with Crippen molar-refractivity contribution in [2.24, 2.45) is 0 Å². The minimum absolute atomic E-state index is 0.0306. The highest BCUT2D eigenvalue weighted by Crippen LogP contribution is 2.16. The summed E-state index contributed by atoms with van der Waals surface area (Å²) in [4.78, 5) is 28.7. The zero-order valence-electron chi connectivity index (χ0n) is 9.67. The Morgan fingerprint density at radius 2 is 2.28 bits per heavy atom. The first-order valence-corrected chi connectivity index (χ1v) is 4.96. The van der Waals surface area contributed by atoms with Crippen molar-refractivity contribution < 1.29 is 14.6 Å². The third-order valence-corrected chi connectivity index (χ3v) is 2.34. The molecule has 2 aromatic rings. The van der Waals surface area contributed by atoms with E-state index in [2.05, 4.69) is 15.1 Å². The van der Waals surface area contributed by atoms with Crippen LogP contribution < -0.4 is 10.3 Å². The molecule has 0 saturated heterocycles. The molecule has 0 aliphatic heterocycles. The van der Waals surface area contributed by atoms with Gasteiger partial charge < -0.3 is 14.8 Å². The lowest BCUT2D eigenvalue weighted by Gasteiger charge is -2.04. The number of ether oxygens (including phenoxy) is 1. The number of rotatable bonds is 3.